The lowest BCUT2D eigenvalue weighted by atomic mass is 9.62. The molecule has 1 spiro atoms. The van der Waals surface area contributed by atoms with Gasteiger partial charge in [-0.3, -0.25) is 14.5 Å². The number of carbonyl (C=O) groups is 2. The van der Waals surface area contributed by atoms with Gasteiger partial charge >= 0.3 is 6.18 Å². The topological polar surface area (TPSA) is 106 Å². The molecule has 5 aliphatic rings. The van der Waals surface area contributed by atoms with Crippen molar-refractivity contribution in [3.8, 4) is 11.6 Å². The Kier molecular flexibility index (Phi) is 8.93. The van der Waals surface area contributed by atoms with Crippen LogP contribution in [0.4, 0.5) is 13.2 Å². The number of alkyl halides is 3. The van der Waals surface area contributed by atoms with Gasteiger partial charge in [0.1, 0.15) is 24.5 Å². The molecule has 9 rings (SSSR count). The number of fused-ring (bicyclic) bond motifs is 3. The molecule has 1 aromatic heterocycles. The number of nitrogens with one attached hydrogen (secondary N) is 1. The monoisotopic (exact) mass is 727 g/mol. The van der Waals surface area contributed by atoms with Gasteiger partial charge in [0.25, 0.3) is 5.88 Å². The number of ether oxygens (including phenoxy) is 3. The molecule has 1 N–H and O–H groups in total. The van der Waals surface area contributed by atoms with Gasteiger partial charge in [-0.15, -0.1) is 0 Å². The van der Waals surface area contributed by atoms with Gasteiger partial charge < -0.3 is 24.1 Å². The second-order valence-corrected chi connectivity index (χ2v) is 14.2. The van der Waals surface area contributed by atoms with Crippen molar-refractivity contribution in [2.24, 2.45) is 11.8 Å². The minimum absolute atomic E-state index is 0.0258. The minimum Gasteiger partial charge on any atom is -0.488 e. The molecule has 9 nitrogen and oxygen atoms in total. The molecule has 0 bridgehead atoms. The number of hydrogen-bond acceptors (Lipinski definition) is 9. The SMILES string of the molecule is CCN1CCC1c1cc(OCc2ccccc2)c2c(c1C(F)(F)F)CC1C[C@H]3Cc4onc(OCc5ccccc5)c4C(=O)[C@]34OC4=C1C2=O.CNC. The van der Waals surface area contributed by atoms with Crippen molar-refractivity contribution in [3.05, 3.63) is 123 Å². The van der Waals surface area contributed by atoms with Crippen molar-refractivity contribution < 1.29 is 41.5 Å². The van der Waals surface area contributed by atoms with E-state index in [1.165, 1.54) is 6.07 Å². The highest BCUT2D eigenvalue weighted by Crippen LogP contribution is 2.64. The molecule has 2 unspecified atom stereocenters. The Morgan fingerprint density at radius 3 is 2.23 bits per heavy atom. The van der Waals surface area contributed by atoms with Gasteiger partial charge in [0.2, 0.25) is 11.4 Å². The molecule has 12 heteroatoms. The maximum atomic E-state index is 15.2. The first-order valence-corrected chi connectivity index (χ1v) is 18.0. The average Bonchev–Trinajstić information content (AvgIpc) is 3.75. The van der Waals surface area contributed by atoms with E-state index in [-0.39, 0.29) is 77.7 Å². The van der Waals surface area contributed by atoms with Crippen LogP contribution in [0.5, 0.6) is 11.6 Å². The number of aromatic nitrogens is 1. The Hall–Kier alpha value is -4.94. The summed E-state index contributed by atoms with van der Waals surface area (Å²) in [5, 5.41) is 6.81. The second kappa shape index (κ2) is 13.5. The first-order valence-electron chi connectivity index (χ1n) is 18.0. The molecule has 3 heterocycles. The van der Waals surface area contributed by atoms with E-state index in [1.54, 1.807) is 0 Å². The van der Waals surface area contributed by atoms with Crippen LogP contribution in [0.3, 0.4) is 0 Å². The first kappa shape index (κ1) is 35.1. The smallest absolute Gasteiger partial charge is 0.417 e. The summed E-state index contributed by atoms with van der Waals surface area (Å²) in [6, 6.07) is 19.7. The van der Waals surface area contributed by atoms with Gasteiger partial charge in [-0.1, -0.05) is 67.6 Å². The number of Topliss-reactive ketones (excluding diaryl/α,β-unsaturated/α-hetero) is 2. The number of halogens is 3. The summed E-state index contributed by atoms with van der Waals surface area (Å²) in [4.78, 5) is 30.9. The molecule has 2 saturated heterocycles. The third-order valence-electron chi connectivity index (χ3n) is 11.1. The molecule has 0 radical (unpaired) electrons. The summed E-state index contributed by atoms with van der Waals surface area (Å²) in [7, 11) is 3.75. The summed E-state index contributed by atoms with van der Waals surface area (Å²) in [5.41, 5.74) is 0.0240. The zero-order valence-electron chi connectivity index (χ0n) is 29.7. The number of carbonyl (C=O) groups excluding carboxylic acids is 2. The van der Waals surface area contributed by atoms with E-state index in [0.717, 1.165) is 11.1 Å². The van der Waals surface area contributed by atoms with Crippen molar-refractivity contribution in [2.75, 3.05) is 27.2 Å². The van der Waals surface area contributed by atoms with Crippen LogP contribution in [-0.4, -0.2) is 54.4 Å². The molecule has 0 saturated carbocycles. The zero-order valence-corrected chi connectivity index (χ0v) is 29.7. The fourth-order valence-electron chi connectivity index (χ4n) is 8.60. The Morgan fingerprint density at radius 2 is 1.62 bits per heavy atom. The van der Waals surface area contributed by atoms with Crippen molar-refractivity contribution in [2.45, 2.75) is 63.6 Å². The number of likely N-dealkylation sites (tertiary alicyclic amines) is 1. The van der Waals surface area contributed by atoms with Crippen LogP contribution in [0.15, 0.2) is 82.6 Å². The average molecular weight is 728 g/mol. The lowest BCUT2D eigenvalue weighted by molar-refractivity contribution is -0.140. The third-order valence-corrected chi connectivity index (χ3v) is 11.1. The molecule has 2 fully saturated rings. The van der Waals surface area contributed by atoms with Gasteiger partial charge in [-0.25, -0.2) is 0 Å². The lowest BCUT2D eigenvalue weighted by Crippen LogP contribution is -2.45. The predicted molar refractivity (Wildman–Crippen MR) is 188 cm³/mol. The quantitative estimate of drug-likeness (QED) is 0.187. The Labute approximate surface area is 305 Å². The van der Waals surface area contributed by atoms with Gasteiger partial charge in [-0.05, 0) is 79.3 Å². The zero-order chi connectivity index (χ0) is 37.1. The molecule has 0 amide bonds. The Balaban J connectivity index is 0.00000129. The highest BCUT2D eigenvalue weighted by molar-refractivity contribution is 6.17. The van der Waals surface area contributed by atoms with Gasteiger partial charge in [0.15, 0.2) is 17.3 Å². The molecule has 2 aliphatic heterocycles. The number of nitrogens with zero attached hydrogens (tertiary/aromatic N) is 2. The summed E-state index contributed by atoms with van der Waals surface area (Å²) in [6.45, 7) is 3.48. The van der Waals surface area contributed by atoms with Gasteiger partial charge in [-0.2, -0.15) is 13.2 Å². The van der Waals surface area contributed by atoms with E-state index in [1.807, 2.05) is 86.6 Å². The maximum Gasteiger partial charge on any atom is 0.417 e. The first-order chi connectivity index (χ1) is 25.6. The van der Waals surface area contributed by atoms with Crippen LogP contribution in [-0.2, 0) is 37.0 Å². The van der Waals surface area contributed by atoms with E-state index < -0.39 is 46.8 Å². The van der Waals surface area contributed by atoms with E-state index in [4.69, 9.17) is 18.7 Å². The summed E-state index contributed by atoms with van der Waals surface area (Å²) >= 11 is 0. The lowest BCUT2D eigenvalue weighted by Gasteiger charge is -2.43. The van der Waals surface area contributed by atoms with Crippen molar-refractivity contribution in [1.29, 1.82) is 0 Å². The van der Waals surface area contributed by atoms with Crippen molar-refractivity contribution in [3.63, 3.8) is 0 Å². The van der Waals surface area contributed by atoms with Crippen molar-refractivity contribution in [1.82, 2.24) is 15.4 Å². The van der Waals surface area contributed by atoms with E-state index in [2.05, 4.69) is 10.5 Å². The molecule has 4 aromatic rings. The number of allylic oxidation sites excluding steroid dienone is 1. The molecule has 3 aliphatic carbocycles. The number of epoxide rings is 1. The summed E-state index contributed by atoms with van der Waals surface area (Å²) in [5.74, 6) is -1.20. The molecule has 3 aromatic carbocycles. The van der Waals surface area contributed by atoms with Crippen LogP contribution in [0.25, 0.3) is 0 Å². The third kappa shape index (κ3) is 5.83. The minimum atomic E-state index is -4.70. The van der Waals surface area contributed by atoms with Crippen molar-refractivity contribution >= 4 is 11.6 Å². The van der Waals surface area contributed by atoms with Gasteiger partial charge in [0, 0.05) is 30.5 Å². The Morgan fingerprint density at radius 1 is 0.962 bits per heavy atom. The maximum absolute atomic E-state index is 15.2. The van der Waals surface area contributed by atoms with Crippen LogP contribution in [0, 0.1) is 11.8 Å². The van der Waals surface area contributed by atoms with Crippen LogP contribution < -0.4 is 14.8 Å². The fraction of sp³-hybridized carbons (Fsp3) is 0.390. The molecular formula is C41H40F3N3O6. The Bertz CT molecular complexity index is 2090. The van der Waals surface area contributed by atoms with E-state index >= 15 is 13.2 Å². The number of benzene rings is 3. The van der Waals surface area contributed by atoms with E-state index in [0.29, 0.717) is 25.3 Å². The molecule has 53 heavy (non-hydrogen) atoms. The number of rotatable bonds is 8. The van der Waals surface area contributed by atoms with E-state index in [9.17, 15) is 9.59 Å². The fourth-order valence-corrected chi connectivity index (χ4v) is 8.60. The summed E-state index contributed by atoms with van der Waals surface area (Å²) in [6.07, 6.45) is -3.58. The highest BCUT2D eigenvalue weighted by Gasteiger charge is 2.72. The van der Waals surface area contributed by atoms with Crippen LogP contribution in [0.1, 0.15) is 80.1 Å². The van der Waals surface area contributed by atoms with Crippen LogP contribution >= 0.6 is 0 Å². The number of ketones is 2. The normalized spacial score (nSPS) is 23.9. The molecular weight excluding hydrogens is 687 g/mol. The number of hydrogen-bond donors (Lipinski definition) is 1. The summed E-state index contributed by atoms with van der Waals surface area (Å²) < 4.78 is 69.5. The molecule has 276 valence electrons. The molecule has 4 atom stereocenters. The van der Waals surface area contributed by atoms with Gasteiger partial charge in [0.05, 0.1) is 11.1 Å². The highest BCUT2D eigenvalue weighted by atomic mass is 19.4. The predicted octanol–water partition coefficient (Wildman–Crippen LogP) is 7.29. The van der Waals surface area contributed by atoms with Crippen LogP contribution in [0.2, 0.25) is 0 Å². The largest absolute Gasteiger partial charge is 0.488 e. The second-order valence-electron chi connectivity index (χ2n) is 14.2. The standard InChI is InChI=1S/C39H33F3N2O6.C2H7N/c1-2-44-14-13-27(44)25-18-28(47-19-21-9-5-3-6-10-21)31-26(33(25)39(40,41)42)16-23-15-24-17-29-32(35(46)38(24)36(49-38)30(23)34(31)45)37(43-50-29)48-20-22-11-7-4-8-12-22;1-3-2/h3-12,18,23-24,27H,2,13-17,19-20H2,1H3;3H,1-2H3/t23?,24-,27?,38+;/m0./s1.